The minimum absolute atomic E-state index is 0.0201. The van der Waals surface area contributed by atoms with Gasteiger partial charge in [0.2, 0.25) is 5.91 Å². The molecule has 0 aliphatic carbocycles. The largest absolute Gasteiger partial charge is 0.456 e. The van der Waals surface area contributed by atoms with Crippen LogP contribution in [0.4, 0.5) is 5.69 Å². The zero-order valence-electron chi connectivity index (χ0n) is 16.0. The molecule has 0 radical (unpaired) electrons. The van der Waals surface area contributed by atoms with Crippen LogP contribution in [0.3, 0.4) is 0 Å². The zero-order valence-corrected chi connectivity index (χ0v) is 16.0. The van der Waals surface area contributed by atoms with E-state index in [-0.39, 0.29) is 17.6 Å². The Kier molecular flexibility index (Phi) is 5.57. The van der Waals surface area contributed by atoms with Gasteiger partial charge in [-0.05, 0) is 49.2 Å². The van der Waals surface area contributed by atoms with Gasteiger partial charge in [0.25, 0.3) is 0 Å². The second kappa shape index (κ2) is 8.26. The molecule has 1 N–H and O–H groups in total. The summed E-state index contributed by atoms with van der Waals surface area (Å²) >= 11 is 0. The van der Waals surface area contributed by atoms with Gasteiger partial charge in [-0.15, -0.1) is 0 Å². The molecule has 2 saturated heterocycles. The molecular formula is C21H25N3O4. The summed E-state index contributed by atoms with van der Waals surface area (Å²) in [5.41, 5.74) is 0.484. The van der Waals surface area contributed by atoms with E-state index in [0.29, 0.717) is 24.6 Å². The van der Waals surface area contributed by atoms with Crippen molar-refractivity contribution in [1.29, 1.82) is 0 Å². The Labute approximate surface area is 164 Å². The lowest BCUT2D eigenvalue weighted by atomic mass is 9.97. The number of benzene rings is 1. The van der Waals surface area contributed by atoms with Crippen LogP contribution < -0.4 is 10.1 Å². The van der Waals surface area contributed by atoms with Gasteiger partial charge in [-0.2, -0.15) is 0 Å². The highest BCUT2D eigenvalue weighted by molar-refractivity contribution is 5.92. The lowest BCUT2D eigenvalue weighted by molar-refractivity contribution is -0.117. The second-order valence-electron chi connectivity index (χ2n) is 7.27. The van der Waals surface area contributed by atoms with Crippen LogP contribution in [-0.2, 0) is 14.3 Å². The van der Waals surface area contributed by atoms with Crippen LogP contribution in [0.25, 0.3) is 0 Å². The number of rotatable bonds is 6. The summed E-state index contributed by atoms with van der Waals surface area (Å²) in [4.78, 5) is 18.6. The normalized spacial score (nSPS) is 24.5. The van der Waals surface area contributed by atoms with E-state index >= 15 is 0 Å². The number of nitrogens with zero attached hydrogens (tertiary/aromatic N) is 2. The number of hydrogen-bond acceptors (Lipinski definition) is 6. The minimum Gasteiger partial charge on any atom is -0.456 e. The molecule has 7 nitrogen and oxygen atoms in total. The van der Waals surface area contributed by atoms with Crippen LogP contribution in [0.2, 0.25) is 0 Å². The van der Waals surface area contributed by atoms with E-state index in [1.807, 2.05) is 36.4 Å². The van der Waals surface area contributed by atoms with Crippen molar-refractivity contribution < 1.29 is 19.0 Å². The third kappa shape index (κ3) is 4.16. The number of ether oxygens (including phenoxy) is 3. The quantitative estimate of drug-likeness (QED) is 0.827. The number of carbonyl (C=O) groups is 1. The number of methoxy groups -OCH3 is 1. The van der Waals surface area contributed by atoms with Gasteiger partial charge in [0.05, 0.1) is 18.8 Å². The van der Waals surface area contributed by atoms with Gasteiger partial charge in [0, 0.05) is 38.7 Å². The number of carbonyl (C=O) groups excluding carboxylic acids is 1. The summed E-state index contributed by atoms with van der Waals surface area (Å²) in [6.45, 7) is 2.53. The van der Waals surface area contributed by atoms with Crippen molar-refractivity contribution in [3.8, 4) is 11.5 Å². The number of nitrogens with one attached hydrogen (secondary N) is 1. The molecule has 4 rings (SSSR count). The standard InChI is InChI=1S/C21H25N3O4/c1-26-19-13-24(15-21(19)9-3-11-27-21)14-20(25)23-16-5-7-17(8-6-16)28-18-4-2-10-22-12-18/h2,4-8,10,12,19H,3,9,11,13-15H2,1H3,(H,23,25)/t19-,21-/m1/s1. The highest BCUT2D eigenvalue weighted by Gasteiger charge is 2.50. The van der Waals surface area contributed by atoms with E-state index in [0.717, 1.165) is 31.7 Å². The summed E-state index contributed by atoms with van der Waals surface area (Å²) in [6.07, 6.45) is 5.41. The summed E-state index contributed by atoms with van der Waals surface area (Å²) in [5.74, 6) is 1.31. The van der Waals surface area contributed by atoms with Gasteiger partial charge in [0.15, 0.2) is 0 Å². The first-order chi connectivity index (χ1) is 13.7. The fourth-order valence-corrected chi connectivity index (χ4v) is 4.01. The van der Waals surface area contributed by atoms with E-state index in [1.54, 1.807) is 19.5 Å². The monoisotopic (exact) mass is 383 g/mol. The molecule has 2 aliphatic heterocycles. The molecule has 1 aromatic carbocycles. The Morgan fingerprint density at radius 1 is 1.32 bits per heavy atom. The van der Waals surface area contributed by atoms with E-state index in [4.69, 9.17) is 14.2 Å². The first-order valence-corrected chi connectivity index (χ1v) is 9.54. The highest BCUT2D eigenvalue weighted by atomic mass is 16.6. The Balaban J connectivity index is 1.30. The molecule has 2 aromatic rings. The van der Waals surface area contributed by atoms with E-state index in [1.165, 1.54) is 0 Å². The molecule has 148 valence electrons. The fraction of sp³-hybridized carbons (Fsp3) is 0.429. The second-order valence-corrected chi connectivity index (χ2v) is 7.27. The van der Waals surface area contributed by atoms with Crippen molar-refractivity contribution >= 4 is 11.6 Å². The topological polar surface area (TPSA) is 72.9 Å². The lowest BCUT2D eigenvalue weighted by Gasteiger charge is -2.28. The number of pyridine rings is 1. The Morgan fingerprint density at radius 3 is 2.86 bits per heavy atom. The predicted molar refractivity (Wildman–Crippen MR) is 105 cm³/mol. The number of hydrogen-bond donors (Lipinski definition) is 1. The number of likely N-dealkylation sites (tertiary alicyclic amines) is 1. The van der Waals surface area contributed by atoms with Crippen molar-refractivity contribution in [1.82, 2.24) is 9.88 Å². The summed E-state index contributed by atoms with van der Waals surface area (Å²) in [5, 5.41) is 2.94. The van der Waals surface area contributed by atoms with E-state index in [9.17, 15) is 4.79 Å². The molecule has 7 heteroatoms. The molecule has 1 spiro atoms. The van der Waals surface area contributed by atoms with Gasteiger partial charge in [-0.25, -0.2) is 0 Å². The third-order valence-electron chi connectivity index (χ3n) is 5.30. The third-order valence-corrected chi connectivity index (χ3v) is 5.30. The Hall–Kier alpha value is -2.48. The van der Waals surface area contributed by atoms with Crippen LogP contribution in [0, 0.1) is 0 Å². The lowest BCUT2D eigenvalue weighted by Crippen LogP contribution is -2.42. The van der Waals surface area contributed by atoms with Crippen LogP contribution in [0.5, 0.6) is 11.5 Å². The highest BCUT2D eigenvalue weighted by Crippen LogP contribution is 2.36. The zero-order chi connectivity index (χ0) is 19.4. The van der Waals surface area contributed by atoms with Crippen LogP contribution in [-0.4, -0.2) is 60.8 Å². The summed E-state index contributed by atoms with van der Waals surface area (Å²) < 4.78 is 17.3. The van der Waals surface area contributed by atoms with E-state index in [2.05, 4.69) is 15.2 Å². The van der Waals surface area contributed by atoms with Gasteiger partial charge < -0.3 is 19.5 Å². The van der Waals surface area contributed by atoms with Crippen molar-refractivity contribution in [2.24, 2.45) is 0 Å². The average Bonchev–Trinajstić information content (AvgIpc) is 3.31. The molecule has 2 fully saturated rings. The maximum absolute atomic E-state index is 12.5. The molecule has 0 unspecified atom stereocenters. The van der Waals surface area contributed by atoms with Gasteiger partial charge >= 0.3 is 0 Å². The fourth-order valence-electron chi connectivity index (χ4n) is 4.01. The molecule has 2 atom stereocenters. The van der Waals surface area contributed by atoms with Crippen LogP contribution >= 0.6 is 0 Å². The summed E-state index contributed by atoms with van der Waals surface area (Å²) in [6, 6.07) is 11.0. The Morgan fingerprint density at radius 2 is 2.18 bits per heavy atom. The van der Waals surface area contributed by atoms with Crippen molar-refractivity contribution in [3.05, 3.63) is 48.8 Å². The van der Waals surface area contributed by atoms with Gasteiger partial charge in [0.1, 0.15) is 17.1 Å². The Bertz CT molecular complexity index is 791. The minimum atomic E-state index is -0.250. The molecule has 2 aliphatic rings. The molecule has 0 saturated carbocycles. The average molecular weight is 383 g/mol. The van der Waals surface area contributed by atoms with Crippen LogP contribution in [0.1, 0.15) is 12.8 Å². The first-order valence-electron chi connectivity index (χ1n) is 9.54. The van der Waals surface area contributed by atoms with Gasteiger partial charge in [-0.3, -0.25) is 14.7 Å². The molecule has 1 amide bonds. The van der Waals surface area contributed by atoms with E-state index < -0.39 is 0 Å². The molecule has 1 aromatic heterocycles. The van der Waals surface area contributed by atoms with Crippen molar-refractivity contribution in [3.63, 3.8) is 0 Å². The first kappa shape index (κ1) is 18.9. The number of amides is 1. The molecular weight excluding hydrogens is 358 g/mol. The van der Waals surface area contributed by atoms with Crippen molar-refractivity contribution in [2.45, 2.75) is 24.5 Å². The van der Waals surface area contributed by atoms with Crippen molar-refractivity contribution in [2.75, 3.05) is 38.7 Å². The number of aromatic nitrogens is 1. The summed E-state index contributed by atoms with van der Waals surface area (Å²) in [7, 11) is 1.72. The molecule has 28 heavy (non-hydrogen) atoms. The maximum atomic E-state index is 12.5. The SMILES string of the molecule is CO[C@@H]1CN(CC(=O)Nc2ccc(Oc3cccnc3)cc2)C[C@]12CCCO2. The van der Waals surface area contributed by atoms with Gasteiger partial charge in [-0.1, -0.05) is 0 Å². The predicted octanol–water partition coefficient (Wildman–Crippen LogP) is 2.69. The smallest absolute Gasteiger partial charge is 0.238 e. The molecule has 3 heterocycles. The van der Waals surface area contributed by atoms with Crippen LogP contribution in [0.15, 0.2) is 48.8 Å². The maximum Gasteiger partial charge on any atom is 0.238 e. The number of anilines is 1. The molecule has 0 bridgehead atoms.